The molecule has 1 heterocycles. The number of amides is 1. The van der Waals surface area contributed by atoms with Gasteiger partial charge in [0, 0.05) is 17.2 Å². The Morgan fingerprint density at radius 3 is 2.95 bits per heavy atom. The highest BCUT2D eigenvalue weighted by atomic mass is 35.5. The first-order valence-electron chi connectivity index (χ1n) is 6.48. The van der Waals surface area contributed by atoms with Crippen molar-refractivity contribution < 1.29 is 4.79 Å². The molecule has 0 bridgehead atoms. The van der Waals surface area contributed by atoms with E-state index < -0.39 is 0 Å². The van der Waals surface area contributed by atoms with Crippen LogP contribution in [0.1, 0.15) is 23.8 Å². The van der Waals surface area contributed by atoms with Crippen LogP contribution in [-0.2, 0) is 0 Å². The molecule has 106 valence electrons. The van der Waals surface area contributed by atoms with E-state index in [1.807, 2.05) is 24.3 Å². The van der Waals surface area contributed by atoms with Crippen LogP contribution < -0.4 is 5.32 Å². The average molecular weight is 309 g/mol. The Bertz CT molecular complexity index is 618. The first-order valence-corrected chi connectivity index (χ1v) is 8.14. The summed E-state index contributed by atoms with van der Waals surface area (Å²) in [6, 6.07) is 9.16. The lowest BCUT2D eigenvalue weighted by Crippen LogP contribution is -2.26. The highest BCUT2D eigenvalue weighted by molar-refractivity contribution is 7.99. The van der Waals surface area contributed by atoms with E-state index in [0.717, 1.165) is 17.3 Å². The van der Waals surface area contributed by atoms with Crippen molar-refractivity contribution in [1.82, 2.24) is 10.3 Å². The zero-order valence-electron chi connectivity index (χ0n) is 11.5. The fourth-order valence-electron chi connectivity index (χ4n) is 1.85. The molecule has 3 nitrogen and oxygen atoms in total. The quantitative estimate of drug-likeness (QED) is 0.914. The van der Waals surface area contributed by atoms with Gasteiger partial charge >= 0.3 is 0 Å². The molecule has 20 heavy (non-hydrogen) atoms. The molecule has 0 aliphatic rings. The molecule has 1 amide bonds. The van der Waals surface area contributed by atoms with E-state index in [2.05, 4.69) is 23.5 Å². The number of benzene rings is 1. The molecule has 1 N–H and O–H groups in total. The molecule has 5 heteroatoms. The Balaban J connectivity index is 2.10. The fourth-order valence-corrected chi connectivity index (χ4v) is 2.46. The Hall–Kier alpha value is -1.26. The zero-order valence-corrected chi connectivity index (χ0v) is 13.1. The maximum atomic E-state index is 12.1. The number of thioether (sulfide) groups is 1. The minimum atomic E-state index is -0.175. The molecule has 1 atom stereocenters. The lowest BCUT2D eigenvalue weighted by Gasteiger charge is -2.09. The summed E-state index contributed by atoms with van der Waals surface area (Å²) < 4.78 is 0. The number of carbonyl (C=O) groups excluding carboxylic acids is 1. The van der Waals surface area contributed by atoms with Gasteiger partial charge in [0.25, 0.3) is 5.91 Å². The van der Waals surface area contributed by atoms with Crippen molar-refractivity contribution in [2.24, 2.45) is 0 Å². The van der Waals surface area contributed by atoms with Gasteiger partial charge in [0.05, 0.1) is 10.5 Å². The standard InChI is InChI=1S/C15H17ClN2OS/c1-10(20-2)7-8-17-15(19)14-9-12(16)11-5-3-4-6-13(11)18-14/h3-6,9-10H,7-8H2,1-2H3,(H,17,19). The molecular weight excluding hydrogens is 292 g/mol. The van der Waals surface area contributed by atoms with Crippen molar-refractivity contribution in [1.29, 1.82) is 0 Å². The molecule has 2 aromatic rings. The Morgan fingerprint density at radius 2 is 2.20 bits per heavy atom. The van der Waals surface area contributed by atoms with Gasteiger partial charge in [-0.25, -0.2) is 4.98 Å². The Labute approximate surface area is 128 Å². The average Bonchev–Trinajstić information content (AvgIpc) is 2.46. The van der Waals surface area contributed by atoms with Crippen LogP contribution in [0.3, 0.4) is 0 Å². The lowest BCUT2D eigenvalue weighted by atomic mass is 10.2. The summed E-state index contributed by atoms with van der Waals surface area (Å²) in [7, 11) is 0. The predicted molar refractivity (Wildman–Crippen MR) is 86.7 cm³/mol. The number of fused-ring (bicyclic) bond motifs is 1. The highest BCUT2D eigenvalue weighted by Crippen LogP contribution is 2.22. The van der Waals surface area contributed by atoms with Gasteiger partial charge in [0.2, 0.25) is 0 Å². The van der Waals surface area contributed by atoms with Crippen LogP contribution in [0.4, 0.5) is 0 Å². The van der Waals surface area contributed by atoms with Crippen LogP contribution in [0.5, 0.6) is 0 Å². The van der Waals surface area contributed by atoms with E-state index in [1.54, 1.807) is 17.8 Å². The second kappa shape index (κ2) is 6.95. The van der Waals surface area contributed by atoms with E-state index in [0.29, 0.717) is 22.5 Å². The third-order valence-electron chi connectivity index (χ3n) is 3.14. The van der Waals surface area contributed by atoms with Crippen molar-refractivity contribution in [3.8, 4) is 0 Å². The summed E-state index contributed by atoms with van der Waals surface area (Å²) in [6.45, 7) is 2.79. The molecule has 0 radical (unpaired) electrons. The number of hydrogen-bond acceptors (Lipinski definition) is 3. The summed E-state index contributed by atoms with van der Waals surface area (Å²) in [6.07, 6.45) is 3.01. The maximum absolute atomic E-state index is 12.1. The summed E-state index contributed by atoms with van der Waals surface area (Å²) >= 11 is 7.98. The minimum Gasteiger partial charge on any atom is -0.351 e. The minimum absolute atomic E-state index is 0.175. The van der Waals surface area contributed by atoms with Gasteiger partial charge in [-0.05, 0) is 24.8 Å². The molecule has 1 aromatic carbocycles. The number of rotatable bonds is 5. The number of para-hydroxylation sites is 1. The summed E-state index contributed by atoms with van der Waals surface area (Å²) in [5.74, 6) is -0.175. The van der Waals surface area contributed by atoms with Crippen molar-refractivity contribution in [2.75, 3.05) is 12.8 Å². The molecule has 0 saturated heterocycles. The zero-order chi connectivity index (χ0) is 14.5. The normalized spacial score (nSPS) is 12.3. The molecule has 0 saturated carbocycles. The number of carbonyl (C=O) groups is 1. The van der Waals surface area contributed by atoms with Gasteiger partial charge in [0.15, 0.2) is 0 Å². The predicted octanol–water partition coefficient (Wildman–Crippen LogP) is 3.76. The highest BCUT2D eigenvalue weighted by Gasteiger charge is 2.11. The third kappa shape index (κ3) is 3.64. The molecule has 2 rings (SSSR count). The first-order chi connectivity index (χ1) is 9.61. The van der Waals surface area contributed by atoms with Crippen molar-refractivity contribution >= 4 is 40.2 Å². The van der Waals surface area contributed by atoms with Crippen LogP contribution in [0, 0.1) is 0 Å². The number of hydrogen-bond donors (Lipinski definition) is 1. The topological polar surface area (TPSA) is 42.0 Å². The van der Waals surface area contributed by atoms with Gasteiger partial charge in [-0.15, -0.1) is 0 Å². The number of aromatic nitrogens is 1. The van der Waals surface area contributed by atoms with Gasteiger partial charge in [-0.3, -0.25) is 4.79 Å². The van der Waals surface area contributed by atoms with Crippen LogP contribution in [0.15, 0.2) is 30.3 Å². The van der Waals surface area contributed by atoms with Crippen molar-refractivity contribution in [3.05, 3.63) is 41.0 Å². The molecule has 0 aliphatic carbocycles. The van der Waals surface area contributed by atoms with E-state index in [4.69, 9.17) is 11.6 Å². The van der Waals surface area contributed by atoms with Crippen LogP contribution >= 0.6 is 23.4 Å². The molecule has 0 spiro atoms. The number of nitrogens with one attached hydrogen (secondary N) is 1. The van der Waals surface area contributed by atoms with Gasteiger partial charge in [-0.1, -0.05) is 36.7 Å². The van der Waals surface area contributed by atoms with Crippen LogP contribution in [-0.4, -0.2) is 28.9 Å². The molecular formula is C15H17ClN2OS. The van der Waals surface area contributed by atoms with Crippen LogP contribution in [0.2, 0.25) is 5.02 Å². The van der Waals surface area contributed by atoms with Gasteiger partial charge < -0.3 is 5.32 Å². The maximum Gasteiger partial charge on any atom is 0.269 e. The monoisotopic (exact) mass is 308 g/mol. The van der Waals surface area contributed by atoms with E-state index in [1.165, 1.54) is 0 Å². The Morgan fingerprint density at radius 1 is 1.45 bits per heavy atom. The van der Waals surface area contributed by atoms with Gasteiger partial charge in [-0.2, -0.15) is 11.8 Å². The smallest absolute Gasteiger partial charge is 0.269 e. The third-order valence-corrected chi connectivity index (χ3v) is 4.49. The SMILES string of the molecule is CSC(C)CCNC(=O)c1cc(Cl)c2ccccc2n1. The van der Waals surface area contributed by atoms with Crippen molar-refractivity contribution in [3.63, 3.8) is 0 Å². The Kier molecular flexibility index (Phi) is 5.26. The van der Waals surface area contributed by atoms with E-state index >= 15 is 0 Å². The van der Waals surface area contributed by atoms with E-state index in [-0.39, 0.29) is 5.91 Å². The fraction of sp³-hybridized carbons (Fsp3) is 0.333. The second-order valence-corrected chi connectivity index (χ2v) is 6.28. The van der Waals surface area contributed by atoms with Crippen molar-refractivity contribution in [2.45, 2.75) is 18.6 Å². The summed E-state index contributed by atoms with van der Waals surface area (Å²) in [5, 5.41) is 4.83. The molecule has 0 aliphatic heterocycles. The molecule has 1 aromatic heterocycles. The molecule has 1 unspecified atom stereocenters. The van der Waals surface area contributed by atoms with Crippen LogP contribution in [0.25, 0.3) is 10.9 Å². The van der Waals surface area contributed by atoms with E-state index in [9.17, 15) is 4.79 Å². The first kappa shape index (κ1) is 15.1. The largest absolute Gasteiger partial charge is 0.351 e. The number of nitrogens with zero attached hydrogens (tertiary/aromatic N) is 1. The summed E-state index contributed by atoms with van der Waals surface area (Å²) in [5.41, 5.74) is 1.10. The summed E-state index contributed by atoms with van der Waals surface area (Å²) in [4.78, 5) is 16.4. The number of pyridine rings is 1. The lowest BCUT2D eigenvalue weighted by molar-refractivity contribution is 0.0948. The second-order valence-electron chi connectivity index (χ2n) is 4.60. The number of halogens is 1. The molecule has 0 fully saturated rings. The van der Waals surface area contributed by atoms with Gasteiger partial charge in [0.1, 0.15) is 5.69 Å².